The van der Waals surface area contributed by atoms with Gasteiger partial charge in [-0.1, -0.05) is 182 Å². The van der Waals surface area contributed by atoms with Crippen molar-refractivity contribution < 1.29 is 6.85 Å². The molecule has 1 aromatic heterocycles. The number of anilines is 3. The Morgan fingerprint density at radius 1 is 0.350 bits per heavy atom. The smallest absolute Gasteiger partial charge is 0.0629 e. The van der Waals surface area contributed by atoms with Crippen LogP contribution in [-0.2, 0) is 0 Å². The van der Waals surface area contributed by atoms with Crippen LogP contribution in [-0.4, -0.2) is 4.57 Å². The van der Waals surface area contributed by atoms with E-state index < -0.39 is 6.04 Å². The number of benzene rings is 10. The van der Waals surface area contributed by atoms with Gasteiger partial charge in [-0.2, -0.15) is 0 Å². The molecule has 0 aliphatic carbocycles. The fourth-order valence-corrected chi connectivity index (χ4v) is 8.57. The first-order chi connectivity index (χ1) is 31.8. The van der Waals surface area contributed by atoms with Crippen LogP contribution < -0.4 is 4.90 Å². The zero-order valence-corrected chi connectivity index (χ0v) is 32.6. The van der Waals surface area contributed by atoms with Crippen molar-refractivity contribution in [3.63, 3.8) is 0 Å². The first-order valence-electron chi connectivity index (χ1n) is 22.7. The normalized spacial score (nSPS) is 12.5. The van der Waals surface area contributed by atoms with Crippen LogP contribution in [0.25, 0.3) is 82.8 Å². The Balaban J connectivity index is 1.03. The highest BCUT2D eigenvalue weighted by Crippen LogP contribution is 2.42. The van der Waals surface area contributed by atoms with E-state index in [4.69, 9.17) is 6.85 Å². The minimum atomic E-state index is -0.407. The third-order valence-corrected chi connectivity index (χ3v) is 11.5. The highest BCUT2D eigenvalue weighted by Gasteiger charge is 2.19. The van der Waals surface area contributed by atoms with Crippen LogP contribution in [0.15, 0.2) is 243 Å². The van der Waals surface area contributed by atoms with Crippen LogP contribution in [0.4, 0.5) is 17.1 Å². The molecule has 0 bridgehead atoms. The molecule has 0 fully saturated rings. The highest BCUT2D eigenvalue weighted by atomic mass is 15.1. The summed E-state index contributed by atoms with van der Waals surface area (Å²) >= 11 is 0. The quantitative estimate of drug-likeness (QED) is 0.149. The van der Waals surface area contributed by atoms with Crippen molar-refractivity contribution >= 4 is 49.6 Å². The molecule has 1 heterocycles. The lowest BCUT2D eigenvalue weighted by molar-refractivity contribution is 1.19. The zero-order chi connectivity index (χ0) is 44.2. The second-order valence-electron chi connectivity index (χ2n) is 15.0. The number of aromatic nitrogens is 1. The number of rotatable bonds is 8. The van der Waals surface area contributed by atoms with Gasteiger partial charge in [0.05, 0.1) is 17.9 Å². The molecule has 282 valence electrons. The fourth-order valence-electron chi connectivity index (χ4n) is 8.57. The Morgan fingerprint density at radius 3 is 1.62 bits per heavy atom. The van der Waals surface area contributed by atoms with Gasteiger partial charge in [0.2, 0.25) is 0 Å². The molecule has 0 aliphatic heterocycles. The molecule has 0 amide bonds. The van der Waals surface area contributed by atoms with Gasteiger partial charge in [-0.3, -0.25) is 0 Å². The van der Waals surface area contributed by atoms with Gasteiger partial charge in [0.25, 0.3) is 0 Å². The van der Waals surface area contributed by atoms with E-state index in [1.165, 1.54) is 27.1 Å². The molecule has 0 saturated heterocycles. The van der Waals surface area contributed by atoms with Crippen LogP contribution in [0.2, 0.25) is 0 Å². The predicted octanol–water partition coefficient (Wildman–Crippen LogP) is 16.1. The molecule has 10 aromatic carbocycles. The van der Waals surface area contributed by atoms with Crippen LogP contribution in [0.1, 0.15) is 6.85 Å². The second kappa shape index (κ2) is 15.1. The SMILES string of the molecule is [2H]c1c([2H])c([2H])c(-c2ccc(N(c3ccc(-c4ccc(-c5ccccc5)cc4)cc3)c3cccc(-c4cccc5c4c4ccccc4n5-c4ccc5ccccc5c4)c3)cc2)c([2H])c1[2H]. The largest absolute Gasteiger partial charge is 0.310 e. The highest BCUT2D eigenvalue weighted by molar-refractivity contribution is 6.16. The molecule has 0 aliphatic rings. The van der Waals surface area contributed by atoms with Crippen LogP contribution in [0, 0.1) is 0 Å². The van der Waals surface area contributed by atoms with Crippen LogP contribution in [0.5, 0.6) is 0 Å². The van der Waals surface area contributed by atoms with E-state index in [9.17, 15) is 0 Å². The van der Waals surface area contributed by atoms with E-state index in [1.807, 2.05) is 30.3 Å². The molecule has 0 radical (unpaired) electrons. The number of nitrogens with zero attached hydrogens (tertiary/aromatic N) is 2. The van der Waals surface area contributed by atoms with E-state index in [2.05, 4.69) is 191 Å². The maximum atomic E-state index is 8.64. The van der Waals surface area contributed by atoms with Crippen molar-refractivity contribution in [2.75, 3.05) is 4.90 Å². The topological polar surface area (TPSA) is 8.17 Å². The van der Waals surface area contributed by atoms with Gasteiger partial charge < -0.3 is 9.47 Å². The summed E-state index contributed by atoms with van der Waals surface area (Å²) in [5.41, 5.74) is 13.5. The van der Waals surface area contributed by atoms with Gasteiger partial charge in [-0.15, -0.1) is 0 Å². The summed E-state index contributed by atoms with van der Waals surface area (Å²) in [5.74, 6) is 0. The summed E-state index contributed by atoms with van der Waals surface area (Å²) in [6.07, 6.45) is 0. The maximum Gasteiger partial charge on any atom is 0.0629 e. The summed E-state index contributed by atoms with van der Waals surface area (Å²) in [5, 5.41) is 4.74. The van der Waals surface area contributed by atoms with Crippen LogP contribution in [0.3, 0.4) is 0 Å². The van der Waals surface area contributed by atoms with Crippen LogP contribution >= 0.6 is 0 Å². The van der Waals surface area contributed by atoms with Crippen molar-refractivity contribution in [2.24, 2.45) is 0 Å². The standard InChI is InChI=1S/C58H40N2/c1-3-13-41(14-4-1)44-25-27-45(28-26-44)47-31-36-51(37-32-47)59(50-34-29-46(30-35-50)42-15-5-2-6-16-42)52-20-11-19-49(40-52)54-22-12-24-57-58(54)55-21-9-10-23-56(55)60(57)53-38-33-43-17-7-8-18-48(43)39-53/h1-40H/i2D,5D,6D,15D,16D. The van der Waals surface area contributed by atoms with Gasteiger partial charge in [-0.05, 0) is 116 Å². The van der Waals surface area contributed by atoms with Crippen molar-refractivity contribution in [3.05, 3.63) is 243 Å². The molecule has 2 heteroatoms. The molecule has 0 saturated carbocycles. The third kappa shape index (κ3) is 6.41. The van der Waals surface area contributed by atoms with E-state index >= 15 is 0 Å². The Labute approximate surface area is 357 Å². The van der Waals surface area contributed by atoms with Crippen molar-refractivity contribution in [1.82, 2.24) is 4.57 Å². The maximum absolute atomic E-state index is 8.64. The number of fused-ring (bicyclic) bond motifs is 4. The molecule has 2 nitrogen and oxygen atoms in total. The Kier molecular flexibility index (Phi) is 7.59. The van der Waals surface area contributed by atoms with E-state index in [-0.39, 0.29) is 29.7 Å². The molecule has 11 aromatic rings. The van der Waals surface area contributed by atoms with Crippen molar-refractivity contribution in [3.8, 4) is 50.2 Å². The lowest BCUT2D eigenvalue weighted by atomic mass is 9.98. The molecular formula is C58H40N2. The zero-order valence-electron chi connectivity index (χ0n) is 37.6. The van der Waals surface area contributed by atoms with E-state index in [1.54, 1.807) is 0 Å². The predicted molar refractivity (Wildman–Crippen MR) is 255 cm³/mol. The third-order valence-electron chi connectivity index (χ3n) is 11.5. The summed E-state index contributed by atoms with van der Waals surface area (Å²) in [4.78, 5) is 2.20. The molecule has 0 N–H and O–H groups in total. The molecule has 0 unspecified atom stereocenters. The Morgan fingerprint density at radius 2 is 0.900 bits per heavy atom. The average molecular weight is 770 g/mol. The van der Waals surface area contributed by atoms with Gasteiger partial charge in [0, 0.05) is 33.5 Å². The minimum absolute atomic E-state index is 0.176. The lowest BCUT2D eigenvalue weighted by Crippen LogP contribution is -2.10. The average Bonchev–Trinajstić information content (AvgIpc) is 3.71. The monoisotopic (exact) mass is 769 g/mol. The molecule has 60 heavy (non-hydrogen) atoms. The van der Waals surface area contributed by atoms with Crippen molar-refractivity contribution in [1.29, 1.82) is 0 Å². The molecular weight excluding hydrogens is 725 g/mol. The fraction of sp³-hybridized carbons (Fsp3) is 0. The Bertz CT molecular complexity index is 3550. The minimum Gasteiger partial charge on any atom is -0.310 e. The first-order valence-corrected chi connectivity index (χ1v) is 20.2. The summed E-state index contributed by atoms with van der Waals surface area (Å²) in [6, 6.07) is 72.5. The van der Waals surface area contributed by atoms with Gasteiger partial charge in [0.15, 0.2) is 0 Å². The van der Waals surface area contributed by atoms with Gasteiger partial charge in [0.1, 0.15) is 0 Å². The van der Waals surface area contributed by atoms with Gasteiger partial charge in [-0.25, -0.2) is 0 Å². The first kappa shape index (κ1) is 30.2. The van der Waals surface area contributed by atoms with Gasteiger partial charge >= 0.3 is 0 Å². The lowest BCUT2D eigenvalue weighted by Gasteiger charge is -2.26. The summed E-state index contributed by atoms with van der Waals surface area (Å²) < 4.78 is 44.3. The van der Waals surface area contributed by atoms with Crippen molar-refractivity contribution in [2.45, 2.75) is 0 Å². The number of para-hydroxylation sites is 1. The summed E-state index contributed by atoms with van der Waals surface area (Å²) in [6.45, 7) is 0. The number of hydrogen-bond acceptors (Lipinski definition) is 1. The molecule has 0 spiro atoms. The number of hydrogen-bond donors (Lipinski definition) is 0. The summed E-state index contributed by atoms with van der Waals surface area (Å²) in [7, 11) is 0. The Hall–Kier alpha value is -7.94. The van der Waals surface area contributed by atoms with E-state index in [0.717, 1.165) is 61.6 Å². The second-order valence-corrected chi connectivity index (χ2v) is 15.0. The van der Waals surface area contributed by atoms with E-state index in [0.29, 0.717) is 5.56 Å². The molecule has 11 rings (SSSR count). The molecule has 0 atom stereocenters.